The Morgan fingerprint density at radius 2 is 1.50 bits per heavy atom. The van der Waals surface area contributed by atoms with Crippen molar-refractivity contribution < 1.29 is 4.74 Å². The van der Waals surface area contributed by atoms with E-state index in [0.717, 1.165) is 6.61 Å². The first-order valence-electron chi connectivity index (χ1n) is 6.32. The van der Waals surface area contributed by atoms with Crippen molar-refractivity contribution in [1.82, 2.24) is 4.90 Å². The van der Waals surface area contributed by atoms with Gasteiger partial charge in [0.05, 0.1) is 0 Å². The number of ether oxygens (including phenoxy) is 1. The Kier molecular flexibility index (Phi) is 4.26. The van der Waals surface area contributed by atoms with Crippen LogP contribution in [0.25, 0.3) is 0 Å². The second-order valence-corrected chi connectivity index (χ2v) is 4.62. The minimum absolute atomic E-state index is 0.454. The fraction of sp³-hybridized carbons (Fsp3) is 1.00. The minimum Gasteiger partial charge on any atom is -0.363 e. The molecule has 0 spiro atoms. The molecule has 82 valence electrons. The Morgan fingerprint density at radius 1 is 0.786 bits per heavy atom. The molecule has 0 saturated carbocycles. The quantitative estimate of drug-likeness (QED) is 0.641. The number of rotatable bonds is 1. The summed E-state index contributed by atoms with van der Waals surface area (Å²) < 4.78 is 5.92. The van der Waals surface area contributed by atoms with Gasteiger partial charge >= 0.3 is 0 Å². The van der Waals surface area contributed by atoms with Crippen LogP contribution in [0.3, 0.4) is 0 Å². The average molecular weight is 197 g/mol. The van der Waals surface area contributed by atoms with Gasteiger partial charge in [0.25, 0.3) is 0 Å². The van der Waals surface area contributed by atoms with E-state index in [4.69, 9.17) is 4.74 Å². The minimum atomic E-state index is 0.454. The van der Waals surface area contributed by atoms with Gasteiger partial charge in [-0.3, -0.25) is 4.90 Å². The van der Waals surface area contributed by atoms with E-state index in [9.17, 15) is 0 Å². The Balaban J connectivity index is 1.83. The maximum atomic E-state index is 5.92. The molecule has 0 radical (unpaired) electrons. The van der Waals surface area contributed by atoms with E-state index in [0.29, 0.717) is 6.23 Å². The van der Waals surface area contributed by atoms with Crippen molar-refractivity contribution in [1.29, 1.82) is 0 Å². The molecule has 2 aliphatic rings. The van der Waals surface area contributed by atoms with Crippen molar-refractivity contribution in [3.05, 3.63) is 0 Å². The zero-order valence-corrected chi connectivity index (χ0v) is 9.21. The van der Waals surface area contributed by atoms with Crippen LogP contribution in [0.1, 0.15) is 51.4 Å². The van der Waals surface area contributed by atoms with E-state index >= 15 is 0 Å². The predicted molar refractivity (Wildman–Crippen MR) is 58.2 cm³/mol. The van der Waals surface area contributed by atoms with Crippen LogP contribution in [0.2, 0.25) is 0 Å². The van der Waals surface area contributed by atoms with Crippen LogP contribution >= 0.6 is 0 Å². The molecule has 2 fully saturated rings. The van der Waals surface area contributed by atoms with Crippen LogP contribution in [0, 0.1) is 0 Å². The molecule has 2 nitrogen and oxygen atoms in total. The number of hydrogen-bond donors (Lipinski definition) is 0. The monoisotopic (exact) mass is 197 g/mol. The second kappa shape index (κ2) is 5.72. The summed E-state index contributed by atoms with van der Waals surface area (Å²) in [5.41, 5.74) is 0. The average Bonchev–Trinajstić information content (AvgIpc) is 2.62. The molecule has 0 aromatic heterocycles. The van der Waals surface area contributed by atoms with Gasteiger partial charge in [0, 0.05) is 19.7 Å². The lowest BCUT2D eigenvalue weighted by Crippen LogP contribution is -2.37. The number of likely N-dealkylation sites (tertiary alicyclic amines) is 1. The van der Waals surface area contributed by atoms with Crippen molar-refractivity contribution >= 4 is 0 Å². The summed E-state index contributed by atoms with van der Waals surface area (Å²) in [5, 5.41) is 0. The van der Waals surface area contributed by atoms with Gasteiger partial charge in [0.15, 0.2) is 0 Å². The lowest BCUT2D eigenvalue weighted by atomic mass is 10.2. The van der Waals surface area contributed by atoms with Crippen molar-refractivity contribution in [2.45, 2.75) is 57.6 Å². The first-order chi connectivity index (χ1) is 6.97. The fourth-order valence-corrected chi connectivity index (χ4v) is 2.57. The maximum Gasteiger partial charge on any atom is 0.110 e. The summed E-state index contributed by atoms with van der Waals surface area (Å²) in [6.45, 7) is 3.52. The SMILES string of the molecule is C1CCOC(N2CCCCCC2)CC1. The third-order valence-corrected chi connectivity index (χ3v) is 3.45. The molecule has 0 aromatic carbocycles. The van der Waals surface area contributed by atoms with Crippen LogP contribution in [0.5, 0.6) is 0 Å². The van der Waals surface area contributed by atoms with Gasteiger partial charge in [-0.1, -0.05) is 19.3 Å². The first-order valence-corrected chi connectivity index (χ1v) is 6.32. The summed E-state index contributed by atoms with van der Waals surface area (Å²) >= 11 is 0. The van der Waals surface area contributed by atoms with Gasteiger partial charge in [-0.05, 0) is 32.1 Å². The van der Waals surface area contributed by atoms with Gasteiger partial charge in [-0.25, -0.2) is 0 Å². The summed E-state index contributed by atoms with van der Waals surface area (Å²) in [5.74, 6) is 0. The zero-order valence-electron chi connectivity index (χ0n) is 9.21. The van der Waals surface area contributed by atoms with E-state index in [1.807, 2.05) is 0 Å². The van der Waals surface area contributed by atoms with Gasteiger partial charge in [0.2, 0.25) is 0 Å². The van der Waals surface area contributed by atoms with Crippen molar-refractivity contribution in [2.24, 2.45) is 0 Å². The highest BCUT2D eigenvalue weighted by Gasteiger charge is 2.21. The standard InChI is InChI=1S/C12H23NO/c1-2-6-10-13(9-5-1)12-8-4-3-7-11-14-12/h12H,1-11H2. The fourth-order valence-electron chi connectivity index (χ4n) is 2.57. The van der Waals surface area contributed by atoms with E-state index in [1.165, 1.54) is 64.5 Å². The van der Waals surface area contributed by atoms with Gasteiger partial charge in [-0.2, -0.15) is 0 Å². The molecule has 0 aromatic rings. The normalized spacial score (nSPS) is 32.1. The molecule has 2 heteroatoms. The molecular formula is C12H23NO. The van der Waals surface area contributed by atoms with Crippen LogP contribution in [-0.2, 0) is 4.74 Å². The van der Waals surface area contributed by atoms with Crippen molar-refractivity contribution in [3.63, 3.8) is 0 Å². The third kappa shape index (κ3) is 2.96. The second-order valence-electron chi connectivity index (χ2n) is 4.62. The molecule has 2 heterocycles. The first kappa shape index (κ1) is 10.4. The molecule has 2 saturated heterocycles. The molecule has 0 N–H and O–H groups in total. The Bertz CT molecular complexity index is 126. The van der Waals surface area contributed by atoms with E-state index in [2.05, 4.69) is 4.90 Å². The Labute approximate surface area is 87.6 Å². The molecule has 0 bridgehead atoms. The molecule has 1 unspecified atom stereocenters. The van der Waals surface area contributed by atoms with Crippen molar-refractivity contribution in [3.8, 4) is 0 Å². The highest BCUT2D eigenvalue weighted by atomic mass is 16.5. The van der Waals surface area contributed by atoms with Gasteiger partial charge < -0.3 is 4.74 Å². The van der Waals surface area contributed by atoms with Crippen LogP contribution in [0.15, 0.2) is 0 Å². The predicted octanol–water partition coefficient (Wildman–Crippen LogP) is 2.78. The molecule has 0 amide bonds. The van der Waals surface area contributed by atoms with E-state index < -0.39 is 0 Å². The summed E-state index contributed by atoms with van der Waals surface area (Å²) in [6, 6.07) is 0. The Hall–Kier alpha value is -0.0800. The molecule has 1 atom stereocenters. The molecular weight excluding hydrogens is 174 g/mol. The number of nitrogens with zero attached hydrogens (tertiary/aromatic N) is 1. The van der Waals surface area contributed by atoms with Crippen molar-refractivity contribution in [2.75, 3.05) is 19.7 Å². The highest BCUT2D eigenvalue weighted by Crippen LogP contribution is 2.20. The molecule has 0 aliphatic carbocycles. The van der Waals surface area contributed by atoms with Crippen LogP contribution < -0.4 is 0 Å². The lowest BCUT2D eigenvalue weighted by Gasteiger charge is -2.29. The smallest absolute Gasteiger partial charge is 0.110 e. The third-order valence-electron chi connectivity index (χ3n) is 3.45. The summed E-state index contributed by atoms with van der Waals surface area (Å²) in [6.07, 6.45) is 11.3. The molecule has 2 aliphatic heterocycles. The maximum absolute atomic E-state index is 5.92. The molecule has 2 rings (SSSR count). The summed E-state index contributed by atoms with van der Waals surface area (Å²) in [7, 11) is 0. The van der Waals surface area contributed by atoms with Gasteiger partial charge in [-0.15, -0.1) is 0 Å². The van der Waals surface area contributed by atoms with Crippen LogP contribution in [-0.4, -0.2) is 30.8 Å². The Morgan fingerprint density at radius 3 is 2.29 bits per heavy atom. The number of hydrogen-bond acceptors (Lipinski definition) is 2. The summed E-state index contributed by atoms with van der Waals surface area (Å²) in [4.78, 5) is 2.58. The van der Waals surface area contributed by atoms with E-state index in [1.54, 1.807) is 0 Å². The zero-order chi connectivity index (χ0) is 9.64. The van der Waals surface area contributed by atoms with Crippen LogP contribution in [0.4, 0.5) is 0 Å². The molecule has 14 heavy (non-hydrogen) atoms. The lowest BCUT2D eigenvalue weighted by molar-refractivity contribution is -0.0552. The largest absolute Gasteiger partial charge is 0.363 e. The van der Waals surface area contributed by atoms with E-state index in [-0.39, 0.29) is 0 Å². The highest BCUT2D eigenvalue weighted by molar-refractivity contribution is 4.69. The van der Waals surface area contributed by atoms with Gasteiger partial charge in [0.1, 0.15) is 6.23 Å². The topological polar surface area (TPSA) is 12.5 Å².